The fraction of sp³-hybridized carbons (Fsp3) is 0.318. The van der Waals surface area contributed by atoms with Crippen molar-refractivity contribution in [2.75, 3.05) is 27.4 Å². The molecule has 160 valence electrons. The van der Waals surface area contributed by atoms with Crippen LogP contribution in [0.3, 0.4) is 0 Å². The number of carbonyl (C=O) groups excluding carboxylic acids is 2. The van der Waals surface area contributed by atoms with Crippen LogP contribution in [0.4, 0.5) is 0 Å². The van der Waals surface area contributed by atoms with E-state index in [0.29, 0.717) is 35.0 Å². The van der Waals surface area contributed by atoms with Crippen LogP contribution < -0.4 is 25.0 Å². The van der Waals surface area contributed by atoms with E-state index in [9.17, 15) is 9.59 Å². The van der Waals surface area contributed by atoms with Gasteiger partial charge < -0.3 is 19.5 Å². The van der Waals surface area contributed by atoms with Crippen LogP contribution in [0.15, 0.2) is 47.6 Å². The summed E-state index contributed by atoms with van der Waals surface area (Å²) in [5.74, 6) is 1.26. The number of hydrogen-bond acceptors (Lipinski definition) is 6. The Hall–Kier alpha value is -3.55. The Kier molecular flexibility index (Phi) is 9.18. The molecule has 2 aromatic rings. The summed E-state index contributed by atoms with van der Waals surface area (Å²) in [6.07, 6.45) is 2.45. The smallest absolute Gasteiger partial charge is 0.251 e. The summed E-state index contributed by atoms with van der Waals surface area (Å²) in [4.78, 5) is 24.0. The largest absolute Gasteiger partial charge is 0.497 e. The zero-order valence-electron chi connectivity index (χ0n) is 17.4. The maximum Gasteiger partial charge on any atom is 0.251 e. The summed E-state index contributed by atoms with van der Waals surface area (Å²) < 4.78 is 16.1. The molecule has 2 N–H and O–H groups in total. The lowest BCUT2D eigenvalue weighted by Crippen LogP contribution is -2.29. The number of hydrogen-bond donors (Lipinski definition) is 2. The third kappa shape index (κ3) is 6.80. The van der Waals surface area contributed by atoms with Crippen LogP contribution in [0.25, 0.3) is 0 Å². The summed E-state index contributed by atoms with van der Waals surface area (Å²) in [5.41, 5.74) is 3.63. The van der Waals surface area contributed by atoms with Crippen LogP contribution in [0, 0.1) is 0 Å². The number of benzene rings is 2. The lowest BCUT2D eigenvalue weighted by atomic mass is 10.2. The molecule has 0 fully saturated rings. The Labute approximate surface area is 176 Å². The molecule has 0 aliphatic heterocycles. The van der Waals surface area contributed by atoms with Gasteiger partial charge in [-0.1, -0.05) is 13.0 Å². The summed E-state index contributed by atoms with van der Waals surface area (Å²) in [6.45, 7) is 2.74. The normalized spacial score (nSPS) is 10.5. The van der Waals surface area contributed by atoms with Crippen LogP contribution in [-0.4, -0.2) is 45.4 Å². The average molecular weight is 413 g/mol. The van der Waals surface area contributed by atoms with E-state index >= 15 is 0 Å². The molecule has 0 bridgehead atoms. The SMILES string of the molecule is CCCOc1c(C=NNC(=O)CCNC(=O)c2ccc(OC)cc2)cccc1OC. The molecule has 8 nitrogen and oxygen atoms in total. The Morgan fingerprint density at radius 2 is 1.83 bits per heavy atom. The van der Waals surface area contributed by atoms with Crippen molar-refractivity contribution in [3.05, 3.63) is 53.6 Å². The van der Waals surface area contributed by atoms with E-state index < -0.39 is 0 Å². The molecule has 30 heavy (non-hydrogen) atoms. The molecule has 2 rings (SSSR count). The minimum Gasteiger partial charge on any atom is -0.497 e. The molecule has 0 saturated carbocycles. The van der Waals surface area contributed by atoms with E-state index in [2.05, 4.69) is 15.8 Å². The number of amides is 2. The molecule has 0 heterocycles. The number of carbonyl (C=O) groups is 2. The van der Waals surface area contributed by atoms with E-state index in [1.165, 1.54) is 6.21 Å². The van der Waals surface area contributed by atoms with Crippen molar-refractivity contribution < 1.29 is 23.8 Å². The maximum absolute atomic E-state index is 12.1. The van der Waals surface area contributed by atoms with Gasteiger partial charge in [-0.05, 0) is 42.8 Å². The van der Waals surface area contributed by atoms with Crippen molar-refractivity contribution >= 4 is 18.0 Å². The summed E-state index contributed by atoms with van der Waals surface area (Å²) in [7, 11) is 3.13. The molecule has 2 aromatic carbocycles. The number of nitrogens with zero attached hydrogens (tertiary/aromatic N) is 1. The molecule has 0 saturated heterocycles. The molecule has 0 unspecified atom stereocenters. The fourth-order valence-electron chi connectivity index (χ4n) is 2.52. The Bertz CT molecular complexity index is 866. The van der Waals surface area contributed by atoms with Gasteiger partial charge in [-0.2, -0.15) is 5.10 Å². The minimum atomic E-state index is -0.319. The second-order valence-electron chi connectivity index (χ2n) is 6.25. The first kappa shape index (κ1) is 22.7. The zero-order valence-corrected chi connectivity index (χ0v) is 17.4. The van der Waals surface area contributed by atoms with Crippen LogP contribution in [0.2, 0.25) is 0 Å². The van der Waals surface area contributed by atoms with Gasteiger partial charge in [0.25, 0.3) is 5.91 Å². The molecule has 0 aromatic heterocycles. The predicted molar refractivity (Wildman–Crippen MR) is 114 cm³/mol. The average Bonchev–Trinajstić information content (AvgIpc) is 2.77. The highest BCUT2D eigenvalue weighted by atomic mass is 16.5. The highest BCUT2D eigenvalue weighted by Crippen LogP contribution is 2.30. The molecule has 0 aliphatic rings. The van der Waals surface area contributed by atoms with Gasteiger partial charge in [0, 0.05) is 24.1 Å². The van der Waals surface area contributed by atoms with Gasteiger partial charge in [-0.3, -0.25) is 9.59 Å². The van der Waals surface area contributed by atoms with Gasteiger partial charge in [0.15, 0.2) is 11.5 Å². The monoisotopic (exact) mass is 413 g/mol. The Balaban J connectivity index is 1.83. The first-order valence-corrected chi connectivity index (χ1v) is 9.63. The molecule has 0 radical (unpaired) electrons. The zero-order chi connectivity index (χ0) is 21.8. The highest BCUT2D eigenvalue weighted by Gasteiger charge is 2.09. The molecule has 8 heteroatoms. The van der Waals surface area contributed by atoms with Crippen molar-refractivity contribution in [2.45, 2.75) is 19.8 Å². The van der Waals surface area contributed by atoms with Crippen LogP contribution in [0.1, 0.15) is 35.7 Å². The number of hydrazone groups is 1. The molecule has 0 atom stereocenters. The molecule has 0 aliphatic carbocycles. The number of rotatable bonds is 11. The van der Waals surface area contributed by atoms with Gasteiger partial charge in [0.2, 0.25) is 5.91 Å². The lowest BCUT2D eigenvalue weighted by Gasteiger charge is -2.12. The van der Waals surface area contributed by atoms with E-state index in [1.807, 2.05) is 19.1 Å². The summed E-state index contributed by atoms with van der Waals surface area (Å²) >= 11 is 0. The standard InChI is InChI=1S/C22H27N3O5/c1-4-14-30-21-17(6-5-7-19(21)29-3)15-24-25-20(26)12-13-23-22(27)16-8-10-18(28-2)11-9-16/h5-11,15H,4,12-14H2,1-3H3,(H,23,27)(H,25,26). The molecule has 2 amide bonds. The summed E-state index contributed by atoms with van der Waals surface area (Å²) in [5, 5.41) is 6.67. The van der Waals surface area contributed by atoms with Gasteiger partial charge in [-0.15, -0.1) is 0 Å². The second-order valence-corrected chi connectivity index (χ2v) is 6.25. The molecular weight excluding hydrogens is 386 g/mol. The van der Waals surface area contributed by atoms with Gasteiger partial charge in [0.1, 0.15) is 5.75 Å². The number of para-hydroxylation sites is 1. The van der Waals surface area contributed by atoms with Crippen LogP contribution in [0.5, 0.6) is 17.2 Å². The van der Waals surface area contributed by atoms with E-state index in [-0.39, 0.29) is 24.8 Å². The van der Waals surface area contributed by atoms with Crippen molar-refractivity contribution in [3.8, 4) is 17.2 Å². The quantitative estimate of drug-likeness (QED) is 0.436. The number of methoxy groups -OCH3 is 2. The van der Waals surface area contributed by atoms with Crippen molar-refractivity contribution in [2.24, 2.45) is 5.10 Å². The third-order valence-corrected chi connectivity index (χ3v) is 4.06. The van der Waals surface area contributed by atoms with Crippen molar-refractivity contribution in [1.82, 2.24) is 10.7 Å². The molecular formula is C22H27N3O5. The first-order chi connectivity index (χ1) is 14.6. The first-order valence-electron chi connectivity index (χ1n) is 9.63. The number of nitrogens with one attached hydrogen (secondary N) is 2. The van der Waals surface area contributed by atoms with Crippen LogP contribution >= 0.6 is 0 Å². The predicted octanol–water partition coefficient (Wildman–Crippen LogP) is 2.76. The highest BCUT2D eigenvalue weighted by molar-refractivity contribution is 5.94. The minimum absolute atomic E-state index is 0.0938. The van der Waals surface area contributed by atoms with E-state index in [0.717, 1.165) is 6.42 Å². The van der Waals surface area contributed by atoms with E-state index in [1.54, 1.807) is 44.6 Å². The van der Waals surface area contributed by atoms with Crippen molar-refractivity contribution in [3.63, 3.8) is 0 Å². The van der Waals surface area contributed by atoms with Gasteiger partial charge in [-0.25, -0.2) is 5.43 Å². The molecule has 0 spiro atoms. The number of ether oxygens (including phenoxy) is 3. The Morgan fingerprint density at radius 3 is 2.50 bits per heavy atom. The van der Waals surface area contributed by atoms with Gasteiger partial charge in [0.05, 0.1) is 27.0 Å². The second kappa shape index (κ2) is 12.1. The fourth-order valence-corrected chi connectivity index (χ4v) is 2.52. The lowest BCUT2D eigenvalue weighted by molar-refractivity contribution is -0.120. The topological polar surface area (TPSA) is 98.2 Å². The third-order valence-electron chi connectivity index (χ3n) is 4.06. The van der Waals surface area contributed by atoms with E-state index in [4.69, 9.17) is 14.2 Å². The summed E-state index contributed by atoms with van der Waals surface area (Å²) in [6, 6.07) is 12.1. The Morgan fingerprint density at radius 1 is 1.07 bits per heavy atom. The maximum atomic E-state index is 12.1. The van der Waals surface area contributed by atoms with Crippen LogP contribution in [-0.2, 0) is 4.79 Å². The van der Waals surface area contributed by atoms with Crippen molar-refractivity contribution in [1.29, 1.82) is 0 Å². The van der Waals surface area contributed by atoms with Gasteiger partial charge >= 0.3 is 0 Å².